The van der Waals surface area contributed by atoms with Crippen LogP contribution in [0.3, 0.4) is 0 Å². The number of urea groups is 1. The number of halogens is 1. The van der Waals surface area contributed by atoms with E-state index in [4.69, 9.17) is 16.7 Å². The van der Waals surface area contributed by atoms with E-state index >= 15 is 0 Å². The molecule has 0 spiro atoms. The number of hydrogen-bond acceptors (Lipinski definition) is 2. The van der Waals surface area contributed by atoms with Gasteiger partial charge in [-0.25, -0.2) is 9.59 Å². The van der Waals surface area contributed by atoms with Crippen LogP contribution in [0.5, 0.6) is 0 Å². The molecule has 0 fully saturated rings. The number of amides is 2. The van der Waals surface area contributed by atoms with Crippen molar-refractivity contribution in [1.82, 2.24) is 4.90 Å². The standard InChI is InChI=1S/C12H13ClN2O3/c1-3-4-15(2)12(18)14-10-6-8(11(16)17)5-9(13)7-10/h3,5-7H,1,4H2,2H3,(H,14,18)(H,16,17). The van der Waals surface area contributed by atoms with Crippen molar-refractivity contribution in [3.05, 3.63) is 41.4 Å². The van der Waals surface area contributed by atoms with Crippen LogP contribution in [0, 0.1) is 0 Å². The number of anilines is 1. The molecule has 0 aliphatic carbocycles. The van der Waals surface area contributed by atoms with Gasteiger partial charge in [0.05, 0.1) is 5.56 Å². The highest BCUT2D eigenvalue weighted by atomic mass is 35.5. The lowest BCUT2D eigenvalue weighted by Crippen LogP contribution is -2.31. The molecule has 96 valence electrons. The molecule has 1 aromatic rings. The molecule has 0 bridgehead atoms. The van der Waals surface area contributed by atoms with Crippen LogP contribution in [0.25, 0.3) is 0 Å². The summed E-state index contributed by atoms with van der Waals surface area (Å²) in [6, 6.07) is 3.77. The number of aromatic carboxylic acids is 1. The summed E-state index contributed by atoms with van der Waals surface area (Å²) in [7, 11) is 1.60. The number of rotatable bonds is 4. The van der Waals surface area contributed by atoms with Gasteiger partial charge in [0.1, 0.15) is 0 Å². The van der Waals surface area contributed by atoms with Crippen molar-refractivity contribution < 1.29 is 14.7 Å². The first kappa shape index (κ1) is 14.1. The molecule has 0 unspecified atom stereocenters. The van der Waals surface area contributed by atoms with E-state index in [-0.39, 0.29) is 16.6 Å². The number of hydrogen-bond donors (Lipinski definition) is 2. The molecule has 0 atom stereocenters. The third kappa shape index (κ3) is 3.78. The third-order valence-corrected chi connectivity index (χ3v) is 2.36. The van der Waals surface area contributed by atoms with E-state index in [2.05, 4.69) is 11.9 Å². The van der Waals surface area contributed by atoms with Gasteiger partial charge in [-0.05, 0) is 18.2 Å². The molecule has 0 aromatic heterocycles. The van der Waals surface area contributed by atoms with Crippen LogP contribution in [-0.4, -0.2) is 35.6 Å². The van der Waals surface area contributed by atoms with Crippen LogP contribution in [-0.2, 0) is 0 Å². The molecule has 0 aliphatic heterocycles. The van der Waals surface area contributed by atoms with Gasteiger partial charge in [-0.1, -0.05) is 17.7 Å². The van der Waals surface area contributed by atoms with Gasteiger partial charge in [-0.15, -0.1) is 6.58 Å². The maximum absolute atomic E-state index is 11.7. The van der Waals surface area contributed by atoms with Gasteiger partial charge in [0.15, 0.2) is 0 Å². The SMILES string of the molecule is C=CCN(C)C(=O)Nc1cc(Cl)cc(C(=O)O)c1. The van der Waals surface area contributed by atoms with Crippen LogP contribution < -0.4 is 5.32 Å². The number of nitrogens with one attached hydrogen (secondary N) is 1. The smallest absolute Gasteiger partial charge is 0.335 e. The average molecular weight is 269 g/mol. The normalized spacial score (nSPS) is 9.67. The fourth-order valence-corrected chi connectivity index (χ4v) is 1.52. The van der Waals surface area contributed by atoms with Crippen LogP contribution in [0.1, 0.15) is 10.4 Å². The third-order valence-electron chi connectivity index (χ3n) is 2.15. The summed E-state index contributed by atoms with van der Waals surface area (Å²) in [5.74, 6) is -1.10. The first-order valence-corrected chi connectivity index (χ1v) is 5.48. The van der Waals surface area contributed by atoms with Crippen LogP contribution in [0.4, 0.5) is 10.5 Å². The van der Waals surface area contributed by atoms with Gasteiger partial charge in [-0.3, -0.25) is 0 Å². The summed E-state index contributed by atoms with van der Waals surface area (Å²) in [6.07, 6.45) is 1.58. The molecule has 0 aliphatic rings. The topological polar surface area (TPSA) is 69.6 Å². The number of likely N-dealkylation sites (N-methyl/N-ethyl adjacent to an activating group) is 1. The second-order valence-corrected chi connectivity index (χ2v) is 4.07. The largest absolute Gasteiger partial charge is 0.478 e. The monoisotopic (exact) mass is 268 g/mol. The Morgan fingerprint density at radius 3 is 2.72 bits per heavy atom. The number of nitrogens with zero attached hydrogens (tertiary/aromatic N) is 1. The van der Waals surface area contributed by atoms with Crippen LogP contribution in [0.15, 0.2) is 30.9 Å². The van der Waals surface area contributed by atoms with Gasteiger partial charge in [-0.2, -0.15) is 0 Å². The Morgan fingerprint density at radius 2 is 2.17 bits per heavy atom. The zero-order chi connectivity index (χ0) is 13.7. The van der Waals surface area contributed by atoms with E-state index in [1.165, 1.54) is 23.1 Å². The van der Waals surface area contributed by atoms with Crippen molar-refractivity contribution in [2.24, 2.45) is 0 Å². The molecule has 2 N–H and O–H groups in total. The maximum atomic E-state index is 11.7. The summed E-state index contributed by atoms with van der Waals surface area (Å²) in [6.45, 7) is 3.91. The quantitative estimate of drug-likeness (QED) is 0.825. The molecule has 0 radical (unpaired) electrons. The van der Waals surface area contributed by atoms with Gasteiger partial charge in [0.25, 0.3) is 0 Å². The first-order chi connectivity index (χ1) is 8.43. The minimum atomic E-state index is -1.10. The van der Waals surface area contributed by atoms with Crippen molar-refractivity contribution in [3.8, 4) is 0 Å². The van der Waals surface area contributed by atoms with Gasteiger partial charge < -0.3 is 15.3 Å². The fraction of sp³-hybridized carbons (Fsp3) is 0.167. The molecule has 0 saturated carbocycles. The second-order valence-electron chi connectivity index (χ2n) is 3.63. The Bertz CT molecular complexity index is 488. The van der Waals surface area contributed by atoms with Crippen molar-refractivity contribution in [2.75, 3.05) is 18.9 Å². The predicted molar refractivity (Wildman–Crippen MR) is 70.3 cm³/mol. The lowest BCUT2D eigenvalue weighted by atomic mass is 10.2. The Kier molecular flexibility index (Phi) is 4.74. The highest BCUT2D eigenvalue weighted by molar-refractivity contribution is 6.31. The molecule has 18 heavy (non-hydrogen) atoms. The van der Waals surface area contributed by atoms with E-state index in [1.807, 2.05) is 0 Å². The summed E-state index contributed by atoms with van der Waals surface area (Å²) < 4.78 is 0. The number of carbonyl (C=O) groups is 2. The van der Waals surface area contributed by atoms with Gasteiger partial charge in [0.2, 0.25) is 0 Å². The molecule has 1 aromatic carbocycles. The summed E-state index contributed by atoms with van der Waals surface area (Å²) in [4.78, 5) is 23.9. The van der Waals surface area contributed by atoms with E-state index in [9.17, 15) is 9.59 Å². The van der Waals surface area contributed by atoms with Gasteiger partial charge in [0, 0.05) is 24.3 Å². The fourth-order valence-electron chi connectivity index (χ4n) is 1.28. The Hall–Kier alpha value is -2.01. The van der Waals surface area contributed by atoms with Crippen molar-refractivity contribution >= 4 is 29.3 Å². The highest BCUT2D eigenvalue weighted by Crippen LogP contribution is 2.19. The Morgan fingerprint density at radius 1 is 1.50 bits per heavy atom. The number of carboxylic acid groups (broad SMARTS) is 1. The zero-order valence-corrected chi connectivity index (χ0v) is 10.6. The van der Waals surface area contributed by atoms with E-state index in [0.29, 0.717) is 12.2 Å². The molecule has 6 heteroatoms. The van der Waals surface area contributed by atoms with E-state index < -0.39 is 5.97 Å². The minimum absolute atomic E-state index is 0.0178. The Balaban J connectivity index is 2.87. The molecule has 0 saturated heterocycles. The molecular weight excluding hydrogens is 256 g/mol. The predicted octanol–water partition coefficient (Wildman–Crippen LogP) is 2.69. The first-order valence-electron chi connectivity index (χ1n) is 5.11. The van der Waals surface area contributed by atoms with E-state index in [0.717, 1.165) is 0 Å². The molecule has 1 rings (SSSR count). The molecule has 5 nitrogen and oxygen atoms in total. The molecule has 2 amide bonds. The lowest BCUT2D eigenvalue weighted by molar-refractivity contribution is 0.0697. The van der Waals surface area contributed by atoms with Crippen LogP contribution >= 0.6 is 11.6 Å². The highest BCUT2D eigenvalue weighted by Gasteiger charge is 2.10. The molecule has 0 heterocycles. The van der Waals surface area contributed by atoms with Crippen molar-refractivity contribution in [1.29, 1.82) is 0 Å². The van der Waals surface area contributed by atoms with Crippen molar-refractivity contribution in [2.45, 2.75) is 0 Å². The average Bonchev–Trinajstić information content (AvgIpc) is 2.28. The Labute approximate surface area is 110 Å². The van der Waals surface area contributed by atoms with Gasteiger partial charge >= 0.3 is 12.0 Å². The summed E-state index contributed by atoms with van der Waals surface area (Å²) in [5, 5.41) is 11.7. The number of benzene rings is 1. The zero-order valence-electron chi connectivity index (χ0n) is 9.81. The summed E-state index contributed by atoms with van der Waals surface area (Å²) in [5.41, 5.74) is 0.352. The van der Waals surface area contributed by atoms with Crippen LogP contribution in [0.2, 0.25) is 5.02 Å². The minimum Gasteiger partial charge on any atom is -0.478 e. The summed E-state index contributed by atoms with van der Waals surface area (Å²) >= 11 is 5.77. The van der Waals surface area contributed by atoms with Crippen molar-refractivity contribution in [3.63, 3.8) is 0 Å². The van der Waals surface area contributed by atoms with E-state index in [1.54, 1.807) is 13.1 Å². The number of carboxylic acids is 1. The second kappa shape index (κ2) is 6.07. The lowest BCUT2D eigenvalue weighted by Gasteiger charge is -2.16. The number of carbonyl (C=O) groups excluding carboxylic acids is 1. The molecular formula is C12H13ClN2O3. The maximum Gasteiger partial charge on any atom is 0.335 e.